The van der Waals surface area contributed by atoms with Crippen LogP contribution in [0.4, 0.5) is 0 Å². The van der Waals surface area contributed by atoms with Crippen molar-refractivity contribution in [3.63, 3.8) is 0 Å². The van der Waals surface area contributed by atoms with E-state index in [0.29, 0.717) is 6.54 Å². The SMILES string of the molecule is COc1ccc(C(OC[C@H]2O[C@@H](n3ccc(=O)[nH]c3=O)[C@H]3[C@@H]2N3CCCN)(c2ccccc2)c2ccccc2)cc1. The van der Waals surface area contributed by atoms with Gasteiger partial charge in [-0.15, -0.1) is 0 Å². The van der Waals surface area contributed by atoms with E-state index in [1.165, 1.54) is 16.8 Å². The Hall–Kier alpha value is -4.02. The zero-order chi connectivity index (χ0) is 28.4. The topological polar surface area (TPSA) is 112 Å². The highest BCUT2D eigenvalue weighted by atomic mass is 16.6. The quantitative estimate of drug-likeness (QED) is 0.217. The summed E-state index contributed by atoms with van der Waals surface area (Å²) in [5.41, 5.74) is 6.87. The smallest absolute Gasteiger partial charge is 0.330 e. The van der Waals surface area contributed by atoms with Crippen LogP contribution in [0.2, 0.25) is 0 Å². The van der Waals surface area contributed by atoms with Gasteiger partial charge in [-0.2, -0.15) is 0 Å². The van der Waals surface area contributed by atoms with Crippen LogP contribution in [0.25, 0.3) is 0 Å². The number of nitrogens with one attached hydrogen (secondary N) is 1. The van der Waals surface area contributed by atoms with Crippen LogP contribution >= 0.6 is 0 Å². The minimum atomic E-state index is -0.933. The van der Waals surface area contributed by atoms with E-state index in [0.717, 1.165) is 35.4 Å². The predicted octanol–water partition coefficient (Wildman–Crippen LogP) is 2.85. The minimum Gasteiger partial charge on any atom is -0.497 e. The lowest BCUT2D eigenvalue weighted by Gasteiger charge is -2.37. The molecule has 41 heavy (non-hydrogen) atoms. The molecule has 1 aromatic heterocycles. The molecule has 0 spiro atoms. The monoisotopic (exact) mass is 554 g/mol. The van der Waals surface area contributed by atoms with Gasteiger partial charge in [0.2, 0.25) is 0 Å². The van der Waals surface area contributed by atoms with Gasteiger partial charge in [0.15, 0.2) is 6.23 Å². The number of morpholine rings is 1. The Balaban J connectivity index is 1.38. The van der Waals surface area contributed by atoms with Gasteiger partial charge >= 0.3 is 5.69 Å². The van der Waals surface area contributed by atoms with Crippen LogP contribution in [0.15, 0.2) is 107 Å². The maximum Gasteiger partial charge on any atom is 0.330 e. The highest BCUT2D eigenvalue weighted by Gasteiger charge is 2.63. The van der Waals surface area contributed by atoms with E-state index in [-0.39, 0.29) is 24.8 Å². The summed E-state index contributed by atoms with van der Waals surface area (Å²) in [6.45, 7) is 1.63. The molecule has 2 aliphatic heterocycles. The number of aromatic amines is 1. The molecule has 3 aromatic carbocycles. The first-order valence-corrected chi connectivity index (χ1v) is 13.9. The fraction of sp³-hybridized carbons (Fsp3) is 0.312. The van der Waals surface area contributed by atoms with Gasteiger partial charge in [0.25, 0.3) is 5.56 Å². The average Bonchev–Trinajstić information content (AvgIpc) is 3.60. The lowest BCUT2D eigenvalue weighted by atomic mass is 9.80. The molecular formula is C32H34N4O5. The van der Waals surface area contributed by atoms with E-state index in [1.807, 2.05) is 60.7 Å². The van der Waals surface area contributed by atoms with Gasteiger partial charge < -0.3 is 19.9 Å². The first kappa shape index (κ1) is 27.2. The second-order valence-electron chi connectivity index (χ2n) is 10.4. The van der Waals surface area contributed by atoms with E-state index < -0.39 is 23.1 Å². The van der Waals surface area contributed by atoms with E-state index >= 15 is 0 Å². The first-order valence-electron chi connectivity index (χ1n) is 13.9. The summed E-state index contributed by atoms with van der Waals surface area (Å²) in [5, 5.41) is 0. The van der Waals surface area contributed by atoms with Crippen molar-refractivity contribution in [2.24, 2.45) is 5.73 Å². The largest absolute Gasteiger partial charge is 0.497 e. The van der Waals surface area contributed by atoms with Crippen LogP contribution in [0.1, 0.15) is 29.3 Å². The van der Waals surface area contributed by atoms with Crippen LogP contribution in [0.3, 0.4) is 0 Å². The molecule has 4 aromatic rings. The molecule has 0 saturated carbocycles. The molecule has 6 rings (SSSR count). The summed E-state index contributed by atoms with van der Waals surface area (Å²) in [6, 6.07) is 29.6. The number of hydrogen-bond acceptors (Lipinski definition) is 7. The lowest BCUT2D eigenvalue weighted by Crippen LogP contribution is -2.39. The maximum absolute atomic E-state index is 12.7. The van der Waals surface area contributed by atoms with Gasteiger partial charge in [0.05, 0.1) is 25.8 Å². The highest BCUT2D eigenvalue weighted by Crippen LogP contribution is 2.49. The summed E-state index contributed by atoms with van der Waals surface area (Å²) >= 11 is 0. The Morgan fingerprint density at radius 3 is 2.10 bits per heavy atom. The Morgan fingerprint density at radius 2 is 1.51 bits per heavy atom. The fourth-order valence-electron chi connectivity index (χ4n) is 6.12. The van der Waals surface area contributed by atoms with Crippen molar-refractivity contribution >= 4 is 0 Å². The molecule has 0 aliphatic carbocycles. The second-order valence-corrected chi connectivity index (χ2v) is 10.4. The van der Waals surface area contributed by atoms with Gasteiger partial charge in [-0.3, -0.25) is 19.2 Å². The Kier molecular flexibility index (Phi) is 7.59. The van der Waals surface area contributed by atoms with Gasteiger partial charge in [0.1, 0.15) is 17.5 Å². The number of hydrogen-bond donors (Lipinski definition) is 2. The third kappa shape index (κ3) is 5.02. The molecule has 9 heteroatoms. The van der Waals surface area contributed by atoms with Crippen molar-refractivity contribution in [1.29, 1.82) is 0 Å². The van der Waals surface area contributed by atoms with Gasteiger partial charge in [-0.05, 0) is 41.8 Å². The van der Waals surface area contributed by atoms with Crippen LogP contribution in [0, 0.1) is 0 Å². The Labute approximate surface area is 238 Å². The molecule has 0 amide bonds. The molecule has 3 heterocycles. The zero-order valence-electron chi connectivity index (χ0n) is 22.9. The number of methoxy groups -OCH3 is 1. The summed E-state index contributed by atoms with van der Waals surface area (Å²) in [5.74, 6) is 0.758. The molecule has 5 atom stereocenters. The van der Waals surface area contributed by atoms with E-state index in [1.54, 1.807) is 7.11 Å². The highest BCUT2D eigenvalue weighted by molar-refractivity contribution is 5.48. The second kappa shape index (κ2) is 11.5. The molecule has 0 bridgehead atoms. The fourth-order valence-corrected chi connectivity index (χ4v) is 6.12. The number of nitrogens with zero attached hydrogens (tertiary/aromatic N) is 2. The van der Waals surface area contributed by atoms with Crippen LogP contribution in [-0.2, 0) is 15.1 Å². The number of fused-ring (bicyclic) bond motifs is 1. The zero-order valence-corrected chi connectivity index (χ0v) is 22.9. The van der Waals surface area contributed by atoms with Crippen molar-refractivity contribution < 1.29 is 14.2 Å². The Bertz CT molecular complexity index is 1530. The van der Waals surface area contributed by atoms with Gasteiger partial charge in [0, 0.05) is 18.8 Å². The van der Waals surface area contributed by atoms with Crippen molar-refractivity contribution in [3.05, 3.63) is 135 Å². The number of H-pyrrole nitrogens is 1. The Morgan fingerprint density at radius 1 is 0.878 bits per heavy atom. The van der Waals surface area contributed by atoms with Crippen LogP contribution in [0.5, 0.6) is 5.75 Å². The lowest BCUT2D eigenvalue weighted by molar-refractivity contribution is -0.102. The molecule has 3 N–H and O–H groups in total. The standard InChI is InChI=1S/C32H34N4O5/c1-39-25-15-13-24(14-16-25)32(22-9-4-2-5-10-22,23-11-6-3-7-12-23)40-21-26-28-29(35(28)19-8-18-33)30(41-26)36-20-17-27(37)34-31(36)38/h2-7,9-17,20,26,28-30H,8,18-19,21,33H2,1H3,(H,34,37,38)/t26-,28-,29-,30-,35?/m1/s1. The predicted molar refractivity (Wildman–Crippen MR) is 155 cm³/mol. The molecule has 9 nitrogen and oxygen atoms in total. The molecule has 2 aliphatic rings. The van der Waals surface area contributed by atoms with E-state index in [2.05, 4.69) is 34.1 Å². The number of ether oxygens (including phenoxy) is 3. The van der Waals surface area contributed by atoms with Gasteiger partial charge in [-0.1, -0.05) is 72.8 Å². The normalized spacial score (nSPS) is 23.2. The number of rotatable bonds is 11. The summed E-state index contributed by atoms with van der Waals surface area (Å²) in [6.07, 6.45) is 1.48. The third-order valence-electron chi connectivity index (χ3n) is 8.08. The summed E-state index contributed by atoms with van der Waals surface area (Å²) in [7, 11) is 1.65. The van der Waals surface area contributed by atoms with E-state index in [9.17, 15) is 9.59 Å². The van der Waals surface area contributed by atoms with Crippen molar-refractivity contribution in [2.45, 2.75) is 36.4 Å². The van der Waals surface area contributed by atoms with Gasteiger partial charge in [-0.25, -0.2) is 4.79 Å². The molecule has 1 unspecified atom stereocenters. The van der Waals surface area contributed by atoms with Crippen molar-refractivity contribution in [2.75, 3.05) is 26.8 Å². The van der Waals surface area contributed by atoms with Crippen molar-refractivity contribution in [1.82, 2.24) is 14.5 Å². The first-order chi connectivity index (χ1) is 20.1. The van der Waals surface area contributed by atoms with Crippen LogP contribution in [-0.4, -0.2) is 59.4 Å². The maximum atomic E-state index is 12.7. The molecule has 0 radical (unpaired) electrons. The number of benzene rings is 3. The molecule has 2 fully saturated rings. The number of nitrogens with two attached hydrogens (primary N) is 1. The minimum absolute atomic E-state index is 0.0115. The summed E-state index contributed by atoms with van der Waals surface area (Å²) < 4.78 is 20.5. The molecular weight excluding hydrogens is 520 g/mol. The van der Waals surface area contributed by atoms with Crippen molar-refractivity contribution in [3.8, 4) is 5.75 Å². The molecule has 212 valence electrons. The van der Waals surface area contributed by atoms with E-state index in [4.69, 9.17) is 19.9 Å². The molecule has 2 saturated heterocycles. The third-order valence-corrected chi connectivity index (χ3v) is 8.08. The van der Waals surface area contributed by atoms with Crippen LogP contribution < -0.4 is 21.7 Å². The average molecular weight is 555 g/mol. The summed E-state index contributed by atoms with van der Waals surface area (Å²) in [4.78, 5) is 29.1. The number of aromatic nitrogens is 2.